The molecular weight excluding hydrogens is 534 g/mol. The Balaban J connectivity index is 1.36. The van der Waals surface area contributed by atoms with Crippen molar-refractivity contribution in [1.82, 2.24) is 14.5 Å². The van der Waals surface area contributed by atoms with Crippen LogP contribution in [0.25, 0.3) is 0 Å². The first-order valence-corrected chi connectivity index (χ1v) is 13.4. The lowest BCUT2D eigenvalue weighted by atomic mass is 10.0. The molecule has 3 heterocycles. The van der Waals surface area contributed by atoms with Gasteiger partial charge in [-0.05, 0) is 36.8 Å². The van der Waals surface area contributed by atoms with Crippen molar-refractivity contribution in [2.24, 2.45) is 0 Å². The molecule has 13 heteroatoms. The van der Waals surface area contributed by atoms with Crippen LogP contribution in [0, 0.1) is 5.82 Å². The van der Waals surface area contributed by atoms with Crippen LogP contribution in [0.1, 0.15) is 28.8 Å². The fourth-order valence-corrected chi connectivity index (χ4v) is 7.05. The minimum absolute atomic E-state index is 0.0277. The molecule has 1 atom stereocenters. The quantitative estimate of drug-likeness (QED) is 0.581. The molecule has 190 valence electrons. The van der Waals surface area contributed by atoms with Gasteiger partial charge in [0.05, 0.1) is 5.02 Å². The Bertz CT molecular complexity index is 1400. The van der Waals surface area contributed by atoms with Crippen molar-refractivity contribution in [3.63, 3.8) is 0 Å². The lowest BCUT2D eigenvalue weighted by molar-refractivity contribution is -0.136. The highest BCUT2D eigenvalue weighted by molar-refractivity contribution is 7.89. The number of piperidine rings is 1. The number of anilines is 1. The first kappa shape index (κ1) is 24.9. The SMILES string of the molecule is O=C1CCC(N2Cc3c(cc(F)cc3N3CCN(S(=O)(=O)c4ccc(Cl)cc4Cl)CC3)C2=O)C(=O)N1. The molecule has 0 radical (unpaired) electrons. The second-order valence-corrected chi connectivity index (χ2v) is 11.6. The maximum absolute atomic E-state index is 14.6. The molecule has 2 fully saturated rings. The zero-order valence-corrected chi connectivity index (χ0v) is 21.2. The van der Waals surface area contributed by atoms with Gasteiger partial charge in [0.15, 0.2) is 0 Å². The molecule has 3 aliphatic rings. The van der Waals surface area contributed by atoms with E-state index in [0.717, 1.165) is 6.07 Å². The molecule has 3 amide bonds. The van der Waals surface area contributed by atoms with Crippen LogP contribution in [0.3, 0.4) is 0 Å². The van der Waals surface area contributed by atoms with E-state index in [4.69, 9.17) is 23.2 Å². The van der Waals surface area contributed by atoms with E-state index in [1.54, 1.807) is 0 Å². The predicted molar refractivity (Wildman–Crippen MR) is 130 cm³/mol. The number of nitrogens with zero attached hydrogens (tertiary/aromatic N) is 3. The Labute approximate surface area is 216 Å². The van der Waals surface area contributed by atoms with Gasteiger partial charge >= 0.3 is 0 Å². The van der Waals surface area contributed by atoms with Crippen molar-refractivity contribution in [2.45, 2.75) is 30.3 Å². The van der Waals surface area contributed by atoms with E-state index in [1.807, 2.05) is 4.90 Å². The highest BCUT2D eigenvalue weighted by Gasteiger charge is 2.41. The van der Waals surface area contributed by atoms with Crippen molar-refractivity contribution in [2.75, 3.05) is 31.1 Å². The number of halogens is 3. The molecule has 0 aliphatic carbocycles. The van der Waals surface area contributed by atoms with Gasteiger partial charge in [0.25, 0.3) is 5.91 Å². The van der Waals surface area contributed by atoms with Gasteiger partial charge in [-0.2, -0.15) is 4.31 Å². The van der Waals surface area contributed by atoms with Gasteiger partial charge < -0.3 is 9.80 Å². The fourth-order valence-electron chi connectivity index (χ4n) is 4.88. The van der Waals surface area contributed by atoms with E-state index in [-0.39, 0.29) is 67.0 Å². The summed E-state index contributed by atoms with van der Waals surface area (Å²) in [6.45, 7) is 0.851. The minimum Gasteiger partial charge on any atom is -0.369 e. The molecule has 0 bridgehead atoms. The summed E-state index contributed by atoms with van der Waals surface area (Å²) < 4.78 is 42.1. The Morgan fingerprint density at radius 2 is 1.72 bits per heavy atom. The maximum atomic E-state index is 14.6. The van der Waals surface area contributed by atoms with Crippen molar-refractivity contribution < 1.29 is 27.2 Å². The number of hydrogen-bond acceptors (Lipinski definition) is 6. The Hall–Kier alpha value is -2.73. The first-order chi connectivity index (χ1) is 17.1. The van der Waals surface area contributed by atoms with Crippen LogP contribution in [0.15, 0.2) is 35.2 Å². The number of amides is 3. The molecule has 1 unspecified atom stereocenters. The Morgan fingerprint density at radius 3 is 2.39 bits per heavy atom. The van der Waals surface area contributed by atoms with Crippen LogP contribution < -0.4 is 10.2 Å². The summed E-state index contributed by atoms with van der Waals surface area (Å²) >= 11 is 12.0. The summed E-state index contributed by atoms with van der Waals surface area (Å²) in [4.78, 5) is 40.1. The molecule has 9 nitrogen and oxygen atoms in total. The lowest BCUT2D eigenvalue weighted by Crippen LogP contribution is -2.52. The second-order valence-electron chi connectivity index (χ2n) is 8.82. The van der Waals surface area contributed by atoms with Gasteiger partial charge in [0.2, 0.25) is 21.8 Å². The molecule has 0 spiro atoms. The van der Waals surface area contributed by atoms with E-state index in [1.165, 1.54) is 33.5 Å². The second kappa shape index (κ2) is 9.29. The number of piperazine rings is 1. The van der Waals surface area contributed by atoms with Crippen LogP contribution in [0.5, 0.6) is 0 Å². The molecule has 3 aliphatic heterocycles. The molecule has 0 aromatic heterocycles. The summed E-state index contributed by atoms with van der Waals surface area (Å²) in [6, 6.07) is 5.84. The number of rotatable bonds is 4. The predicted octanol–water partition coefficient (Wildman–Crippen LogP) is 2.40. The van der Waals surface area contributed by atoms with E-state index >= 15 is 0 Å². The number of imide groups is 1. The van der Waals surface area contributed by atoms with Crippen LogP contribution in [-0.2, 0) is 26.2 Å². The number of nitrogens with one attached hydrogen (secondary N) is 1. The first-order valence-electron chi connectivity index (χ1n) is 11.2. The molecule has 1 N–H and O–H groups in total. The highest BCUT2D eigenvalue weighted by Crippen LogP contribution is 2.36. The van der Waals surface area contributed by atoms with Crippen LogP contribution >= 0.6 is 23.2 Å². The number of carbonyl (C=O) groups is 3. The van der Waals surface area contributed by atoms with Crippen molar-refractivity contribution >= 4 is 56.6 Å². The van der Waals surface area contributed by atoms with Crippen LogP contribution in [0.2, 0.25) is 10.0 Å². The Kier molecular flexibility index (Phi) is 6.44. The summed E-state index contributed by atoms with van der Waals surface area (Å²) in [5.41, 5.74) is 1.22. The summed E-state index contributed by atoms with van der Waals surface area (Å²) in [7, 11) is -3.87. The summed E-state index contributed by atoms with van der Waals surface area (Å²) in [5, 5.41) is 2.60. The highest BCUT2D eigenvalue weighted by atomic mass is 35.5. The van der Waals surface area contributed by atoms with Crippen molar-refractivity contribution in [3.8, 4) is 0 Å². The molecule has 36 heavy (non-hydrogen) atoms. The van der Waals surface area contributed by atoms with Gasteiger partial charge in [0.1, 0.15) is 16.8 Å². The van der Waals surface area contributed by atoms with Gasteiger partial charge in [-0.25, -0.2) is 12.8 Å². The third kappa shape index (κ3) is 4.34. The molecule has 2 aromatic rings. The normalized spacial score (nSPS) is 21.1. The van der Waals surface area contributed by atoms with E-state index in [0.29, 0.717) is 16.3 Å². The van der Waals surface area contributed by atoms with E-state index in [9.17, 15) is 27.2 Å². The average Bonchev–Trinajstić information content (AvgIpc) is 3.14. The average molecular weight is 555 g/mol. The van der Waals surface area contributed by atoms with Gasteiger partial charge in [0, 0.05) is 61.0 Å². The van der Waals surface area contributed by atoms with Crippen LogP contribution in [0.4, 0.5) is 10.1 Å². The van der Waals surface area contributed by atoms with E-state index in [2.05, 4.69) is 5.32 Å². The standard InChI is InChI=1S/C23H21Cl2FN4O5S/c24-13-1-3-20(17(25)9-13)36(34,35)29-7-5-28(6-8-29)19-11-14(26)10-15-16(19)12-30(23(15)33)18-2-4-21(31)27-22(18)32/h1,3,9-11,18H,2,4-8,12H2,(H,27,31,32). The Morgan fingerprint density at radius 1 is 1.00 bits per heavy atom. The number of carbonyl (C=O) groups excluding carboxylic acids is 3. The largest absolute Gasteiger partial charge is 0.369 e. The number of fused-ring (bicyclic) bond motifs is 1. The lowest BCUT2D eigenvalue weighted by Gasteiger charge is -2.36. The van der Waals surface area contributed by atoms with Gasteiger partial charge in [-0.15, -0.1) is 0 Å². The number of hydrogen-bond donors (Lipinski definition) is 1. The monoisotopic (exact) mass is 554 g/mol. The zero-order chi connectivity index (χ0) is 25.8. The van der Waals surface area contributed by atoms with Gasteiger partial charge in [-0.3, -0.25) is 19.7 Å². The van der Waals surface area contributed by atoms with Crippen LogP contribution in [-0.4, -0.2) is 67.6 Å². The summed E-state index contributed by atoms with van der Waals surface area (Å²) in [5.74, 6) is -2.02. The molecule has 0 saturated carbocycles. The number of sulfonamides is 1. The molecule has 2 aromatic carbocycles. The third-order valence-corrected chi connectivity index (χ3v) is 9.30. The van der Waals surface area contributed by atoms with Crippen molar-refractivity contribution in [3.05, 3.63) is 57.3 Å². The topological polar surface area (TPSA) is 107 Å². The number of benzene rings is 2. The molecular formula is C23H21Cl2FN4O5S. The smallest absolute Gasteiger partial charge is 0.255 e. The molecule has 5 rings (SSSR count). The summed E-state index contributed by atoms with van der Waals surface area (Å²) in [6.07, 6.45) is 0.317. The fraction of sp³-hybridized carbons (Fsp3) is 0.348. The molecule has 2 saturated heterocycles. The van der Waals surface area contributed by atoms with Crippen molar-refractivity contribution in [1.29, 1.82) is 0 Å². The third-order valence-electron chi connectivity index (χ3n) is 6.69. The minimum atomic E-state index is -3.87. The van der Waals surface area contributed by atoms with E-state index < -0.39 is 33.7 Å². The zero-order valence-electron chi connectivity index (χ0n) is 18.8. The maximum Gasteiger partial charge on any atom is 0.255 e. The van der Waals surface area contributed by atoms with Gasteiger partial charge in [-0.1, -0.05) is 23.2 Å².